The molecule has 0 bridgehead atoms. The van der Waals surface area contributed by atoms with Crippen LogP contribution in [0.15, 0.2) is 53.0 Å². The van der Waals surface area contributed by atoms with E-state index in [2.05, 4.69) is 15.9 Å². The Bertz CT molecular complexity index is 827. The molecule has 2 unspecified atom stereocenters. The molecule has 0 radical (unpaired) electrons. The second-order valence-electron chi connectivity index (χ2n) is 6.29. The molecule has 27 heavy (non-hydrogen) atoms. The summed E-state index contributed by atoms with van der Waals surface area (Å²) in [7, 11) is 1.28. The largest absolute Gasteiger partial charge is 0.485 e. The van der Waals surface area contributed by atoms with Gasteiger partial charge in [0.2, 0.25) is 5.91 Å². The molecule has 1 aliphatic rings. The number of methoxy groups -OCH3 is 1. The highest BCUT2D eigenvalue weighted by Gasteiger charge is 2.41. The lowest BCUT2D eigenvalue weighted by Gasteiger charge is -2.22. The van der Waals surface area contributed by atoms with Gasteiger partial charge in [-0.25, -0.2) is 9.18 Å². The van der Waals surface area contributed by atoms with Crippen molar-refractivity contribution in [3.8, 4) is 5.75 Å². The van der Waals surface area contributed by atoms with Crippen LogP contribution in [-0.2, 0) is 20.7 Å². The highest BCUT2D eigenvalue weighted by Crippen LogP contribution is 2.26. The normalized spacial score (nSPS) is 19.0. The van der Waals surface area contributed by atoms with E-state index >= 15 is 0 Å². The highest BCUT2D eigenvalue weighted by atomic mass is 79.9. The van der Waals surface area contributed by atoms with Crippen LogP contribution in [-0.4, -0.2) is 42.6 Å². The molecule has 0 spiro atoms. The van der Waals surface area contributed by atoms with Gasteiger partial charge in [0, 0.05) is 10.9 Å². The molecule has 0 N–H and O–H groups in total. The maximum Gasteiger partial charge on any atom is 0.328 e. The molecule has 2 aromatic carbocycles. The number of hydrogen-bond donors (Lipinski definition) is 0. The highest BCUT2D eigenvalue weighted by molar-refractivity contribution is 9.10. The molecule has 0 aromatic heterocycles. The monoisotopic (exact) mass is 435 g/mol. The minimum atomic E-state index is -0.741. The minimum Gasteiger partial charge on any atom is -0.485 e. The number of esters is 1. The van der Waals surface area contributed by atoms with E-state index in [4.69, 9.17) is 9.47 Å². The van der Waals surface area contributed by atoms with Crippen molar-refractivity contribution in [2.75, 3.05) is 13.7 Å². The fourth-order valence-electron chi connectivity index (χ4n) is 3.12. The minimum absolute atomic E-state index is 0.105. The number of nitrogens with zero attached hydrogens (tertiary/aromatic N) is 1. The molecule has 1 amide bonds. The Morgan fingerprint density at radius 2 is 1.89 bits per heavy atom. The molecule has 1 heterocycles. The first kappa shape index (κ1) is 19.4. The Kier molecular flexibility index (Phi) is 6.11. The third-order valence-electron chi connectivity index (χ3n) is 4.46. The van der Waals surface area contributed by atoms with Crippen molar-refractivity contribution < 1.29 is 23.5 Å². The smallest absolute Gasteiger partial charge is 0.328 e. The average molecular weight is 436 g/mol. The Hall–Kier alpha value is -2.41. The van der Waals surface area contributed by atoms with Gasteiger partial charge in [-0.3, -0.25) is 4.79 Å². The van der Waals surface area contributed by atoms with Crippen LogP contribution in [0.1, 0.15) is 12.0 Å². The summed E-state index contributed by atoms with van der Waals surface area (Å²) in [5.41, 5.74) is 0.838. The topological polar surface area (TPSA) is 55.8 Å². The Morgan fingerprint density at radius 1 is 1.19 bits per heavy atom. The fraction of sp³-hybridized carbons (Fsp3) is 0.300. The SMILES string of the molecule is COC(=O)C1CC(Oc2ccccc2F)CN1C(=O)Cc1ccc(Br)cc1. The predicted octanol–water partition coefficient (Wildman–Crippen LogP) is 3.35. The first-order valence-electron chi connectivity index (χ1n) is 8.51. The van der Waals surface area contributed by atoms with Crippen molar-refractivity contribution in [3.63, 3.8) is 0 Å². The molecule has 3 rings (SSSR count). The number of para-hydroxylation sites is 1. The van der Waals surface area contributed by atoms with E-state index in [0.29, 0.717) is 0 Å². The number of rotatable bonds is 5. The van der Waals surface area contributed by atoms with Gasteiger partial charge >= 0.3 is 5.97 Å². The van der Waals surface area contributed by atoms with Crippen LogP contribution < -0.4 is 4.74 Å². The lowest BCUT2D eigenvalue weighted by Crippen LogP contribution is -2.42. The third kappa shape index (κ3) is 4.66. The van der Waals surface area contributed by atoms with E-state index in [0.717, 1.165) is 10.0 Å². The van der Waals surface area contributed by atoms with E-state index in [9.17, 15) is 14.0 Å². The van der Waals surface area contributed by atoms with Gasteiger partial charge < -0.3 is 14.4 Å². The van der Waals surface area contributed by atoms with Crippen molar-refractivity contribution in [1.29, 1.82) is 0 Å². The molecule has 5 nitrogen and oxygen atoms in total. The molecule has 7 heteroatoms. The molecule has 0 aliphatic carbocycles. The van der Waals surface area contributed by atoms with Gasteiger partial charge in [0.05, 0.1) is 20.1 Å². The molecular weight excluding hydrogens is 417 g/mol. The summed E-state index contributed by atoms with van der Waals surface area (Å²) in [6.45, 7) is 0.198. The van der Waals surface area contributed by atoms with Crippen molar-refractivity contribution >= 4 is 27.8 Å². The van der Waals surface area contributed by atoms with Gasteiger partial charge in [-0.2, -0.15) is 0 Å². The zero-order chi connectivity index (χ0) is 19.4. The lowest BCUT2D eigenvalue weighted by atomic mass is 10.1. The first-order chi connectivity index (χ1) is 13.0. The number of benzene rings is 2. The maximum absolute atomic E-state index is 13.8. The maximum atomic E-state index is 13.8. The molecular formula is C20H19BrFNO4. The lowest BCUT2D eigenvalue weighted by molar-refractivity contribution is -0.150. The summed E-state index contributed by atoms with van der Waals surface area (Å²) in [4.78, 5) is 26.4. The van der Waals surface area contributed by atoms with Crippen LogP contribution in [0.3, 0.4) is 0 Å². The summed E-state index contributed by atoms with van der Waals surface area (Å²) in [5, 5.41) is 0. The van der Waals surface area contributed by atoms with Crippen molar-refractivity contribution in [1.82, 2.24) is 4.90 Å². The van der Waals surface area contributed by atoms with Gasteiger partial charge in [0.1, 0.15) is 12.1 Å². The van der Waals surface area contributed by atoms with Gasteiger partial charge in [0.15, 0.2) is 11.6 Å². The van der Waals surface area contributed by atoms with Crippen LogP contribution >= 0.6 is 15.9 Å². The summed E-state index contributed by atoms with van der Waals surface area (Å²) in [5.74, 6) is -1.08. The standard InChI is InChI=1S/C20H19BrFNO4/c1-26-20(25)17-11-15(27-18-5-3-2-4-16(18)22)12-23(17)19(24)10-13-6-8-14(21)9-7-13/h2-9,15,17H,10-12H2,1H3. The third-order valence-corrected chi connectivity index (χ3v) is 4.98. The van der Waals surface area contributed by atoms with Crippen LogP contribution in [0.25, 0.3) is 0 Å². The first-order valence-corrected chi connectivity index (χ1v) is 9.30. The van der Waals surface area contributed by atoms with Crippen LogP contribution in [0.4, 0.5) is 4.39 Å². The average Bonchev–Trinajstić information content (AvgIpc) is 3.09. The molecule has 2 atom stereocenters. The number of carbonyl (C=O) groups excluding carboxylic acids is 2. The second kappa shape index (κ2) is 8.52. The van der Waals surface area contributed by atoms with Gasteiger partial charge in [-0.05, 0) is 29.8 Å². The summed E-state index contributed by atoms with van der Waals surface area (Å²) in [6.07, 6.45) is -0.0693. The summed E-state index contributed by atoms with van der Waals surface area (Å²) >= 11 is 3.36. The quantitative estimate of drug-likeness (QED) is 0.675. The van der Waals surface area contributed by atoms with E-state index in [1.807, 2.05) is 24.3 Å². The molecule has 2 aromatic rings. The molecule has 1 aliphatic heterocycles. The molecule has 1 fully saturated rings. The van der Waals surface area contributed by atoms with Crippen molar-refractivity contribution in [3.05, 3.63) is 64.4 Å². The summed E-state index contributed by atoms with van der Waals surface area (Å²) in [6, 6.07) is 12.7. The molecule has 142 valence electrons. The Labute approximate surface area is 165 Å². The van der Waals surface area contributed by atoms with Crippen LogP contribution in [0.5, 0.6) is 5.75 Å². The zero-order valence-electron chi connectivity index (χ0n) is 14.7. The van der Waals surface area contributed by atoms with E-state index in [1.165, 1.54) is 24.1 Å². The zero-order valence-corrected chi connectivity index (χ0v) is 16.3. The molecule has 0 saturated carbocycles. The molecule has 1 saturated heterocycles. The van der Waals surface area contributed by atoms with Crippen molar-refractivity contribution in [2.45, 2.75) is 25.0 Å². The fourth-order valence-corrected chi connectivity index (χ4v) is 3.38. The number of hydrogen-bond acceptors (Lipinski definition) is 4. The van der Waals surface area contributed by atoms with E-state index in [-0.39, 0.29) is 31.0 Å². The van der Waals surface area contributed by atoms with Crippen LogP contribution in [0, 0.1) is 5.82 Å². The Morgan fingerprint density at radius 3 is 2.56 bits per heavy atom. The number of likely N-dealkylation sites (tertiary alicyclic amines) is 1. The van der Waals surface area contributed by atoms with E-state index < -0.39 is 23.9 Å². The van der Waals surface area contributed by atoms with Gasteiger partial charge in [-0.1, -0.05) is 40.2 Å². The van der Waals surface area contributed by atoms with Crippen molar-refractivity contribution in [2.24, 2.45) is 0 Å². The summed E-state index contributed by atoms with van der Waals surface area (Å²) < 4.78 is 25.3. The second-order valence-corrected chi connectivity index (χ2v) is 7.21. The van der Waals surface area contributed by atoms with Gasteiger partial charge in [0.25, 0.3) is 0 Å². The number of amides is 1. The number of halogens is 2. The number of ether oxygens (including phenoxy) is 2. The van der Waals surface area contributed by atoms with E-state index in [1.54, 1.807) is 12.1 Å². The van der Waals surface area contributed by atoms with Gasteiger partial charge in [-0.15, -0.1) is 0 Å². The Balaban J connectivity index is 1.73. The van der Waals surface area contributed by atoms with Crippen LogP contribution in [0.2, 0.25) is 0 Å². The number of carbonyl (C=O) groups is 2. The predicted molar refractivity (Wildman–Crippen MR) is 101 cm³/mol.